The Labute approximate surface area is 247 Å². The average Bonchev–Trinajstić information content (AvgIpc) is 2.42. The third kappa shape index (κ3) is 136. The number of carboxylic acids is 6. The van der Waals surface area contributed by atoms with Gasteiger partial charge in [0.1, 0.15) is 0 Å². The van der Waals surface area contributed by atoms with Gasteiger partial charge in [-0.3, -0.25) is 0 Å². The van der Waals surface area contributed by atoms with Gasteiger partial charge < -0.3 is 69.0 Å². The van der Waals surface area contributed by atoms with Crippen LogP contribution in [0.4, 0.5) is 0 Å². The summed E-state index contributed by atoms with van der Waals surface area (Å²) < 4.78 is 0. The molecule has 0 amide bonds. The Morgan fingerprint density at radius 2 is 0.364 bits per heavy atom. The van der Waals surface area contributed by atoms with Crippen molar-refractivity contribution in [3.8, 4) is 0 Å². The first-order valence-corrected chi connectivity index (χ1v) is 5.30. The first-order valence-electron chi connectivity index (χ1n) is 5.30. The molecule has 0 radical (unpaired) electrons. The molecule has 0 bridgehead atoms. The molecule has 0 aromatic rings. The van der Waals surface area contributed by atoms with E-state index < -0.39 is 35.8 Å². The summed E-state index contributed by atoms with van der Waals surface area (Å²) in [5.74, 6) is -7.54. The molecule has 0 aliphatic carbocycles. The van der Waals surface area contributed by atoms with E-state index in [0.717, 1.165) is 0 Å². The normalized spacial score (nSPS) is 6.91. The van der Waals surface area contributed by atoms with Crippen LogP contribution in [0.5, 0.6) is 0 Å². The van der Waals surface area contributed by atoms with Crippen molar-refractivity contribution >= 4 is 35.8 Å². The predicted octanol–water partition coefficient (Wildman–Crippen LogP) is -6.64. The third-order valence-electron chi connectivity index (χ3n) is 1.11. The standard InChI is InChI=1S/3C4H4O4.2Gd.7H2O/c3*5-3(6)1-2-4(7)8;;;;;;;;;/h3*1-2H,(H,5,6)(H,7,8);;;7*1H2/b3*2-1+;;;;;;;;;. The molecule has 0 aromatic heterocycles. The minimum Gasteiger partial charge on any atom is -0.478 e. The molecule has 0 saturated carbocycles. The zero-order valence-electron chi connectivity index (χ0n) is 15.8. The zero-order valence-corrected chi connectivity index (χ0v) is 20.3. The zero-order chi connectivity index (χ0) is 19.7. The second-order valence-corrected chi connectivity index (χ2v) is 3.03. The van der Waals surface area contributed by atoms with Crippen molar-refractivity contribution < 1.29 is 178 Å². The van der Waals surface area contributed by atoms with Crippen molar-refractivity contribution in [3.05, 3.63) is 36.5 Å². The van der Waals surface area contributed by atoms with Crippen molar-refractivity contribution in [2.75, 3.05) is 0 Å². The number of carboxylic acid groups (broad SMARTS) is 6. The van der Waals surface area contributed by atoms with E-state index in [0.29, 0.717) is 36.5 Å². The number of carbonyl (C=O) groups is 6. The van der Waals surface area contributed by atoms with Gasteiger partial charge in [-0.2, -0.15) is 0 Å². The summed E-state index contributed by atoms with van der Waals surface area (Å²) in [6.07, 6.45) is 3.35. The van der Waals surface area contributed by atoms with Crippen molar-refractivity contribution in [1.82, 2.24) is 0 Å². The van der Waals surface area contributed by atoms with Gasteiger partial charge in [0.05, 0.1) is 0 Å². The van der Waals surface area contributed by atoms with Gasteiger partial charge in [-0.05, 0) is 0 Å². The molecule has 20 N–H and O–H groups in total. The molecule has 19 nitrogen and oxygen atoms in total. The molecule has 0 aliphatic rings. The van der Waals surface area contributed by atoms with E-state index in [4.69, 9.17) is 30.6 Å². The van der Waals surface area contributed by atoms with E-state index in [1.807, 2.05) is 0 Å². The fraction of sp³-hybridized carbons (Fsp3) is 0. The van der Waals surface area contributed by atoms with E-state index in [2.05, 4.69) is 0 Å². The summed E-state index contributed by atoms with van der Waals surface area (Å²) in [5, 5.41) is 46.9. The summed E-state index contributed by atoms with van der Waals surface area (Å²) in [6.45, 7) is 0. The molecule has 0 unspecified atom stereocenters. The van der Waals surface area contributed by atoms with E-state index >= 15 is 0 Å². The summed E-state index contributed by atoms with van der Waals surface area (Å²) in [6, 6.07) is 0. The van der Waals surface area contributed by atoms with Gasteiger partial charge in [0.2, 0.25) is 0 Å². The molecule has 21 heteroatoms. The minimum atomic E-state index is -1.26. The van der Waals surface area contributed by atoms with E-state index in [1.54, 1.807) is 0 Å². The first kappa shape index (κ1) is 77.1. The number of hydrogen-bond donors (Lipinski definition) is 6. The van der Waals surface area contributed by atoms with E-state index in [1.165, 1.54) is 0 Å². The Hall–Kier alpha value is -1.59. The number of rotatable bonds is 6. The molecule has 204 valence electrons. The molecule has 0 atom stereocenters. The second-order valence-electron chi connectivity index (χ2n) is 3.03. The average molecular weight is 789 g/mol. The van der Waals surface area contributed by atoms with Gasteiger partial charge in [0.25, 0.3) is 0 Å². The molecule has 0 aromatic carbocycles. The monoisotopic (exact) mass is 790 g/mol. The molecular weight excluding hydrogens is 763 g/mol. The van der Waals surface area contributed by atoms with Crippen LogP contribution in [0.3, 0.4) is 0 Å². The van der Waals surface area contributed by atoms with Crippen LogP contribution in [-0.2, 0) is 28.8 Å². The van der Waals surface area contributed by atoms with Crippen LogP contribution in [0.15, 0.2) is 36.5 Å². The van der Waals surface area contributed by atoms with Crippen LogP contribution < -0.4 is 0 Å². The smallest absolute Gasteiger partial charge is 0.328 e. The van der Waals surface area contributed by atoms with Crippen LogP contribution in [0.2, 0.25) is 0 Å². The second kappa shape index (κ2) is 52.4. The van der Waals surface area contributed by atoms with Gasteiger partial charge >= 0.3 is 35.8 Å². The molecular formula is C12H26Gd2O19. The topological polar surface area (TPSA) is 444 Å². The Balaban J connectivity index is -0.0000000176. The van der Waals surface area contributed by atoms with E-state index in [-0.39, 0.29) is 118 Å². The number of hydrogen-bond acceptors (Lipinski definition) is 6. The Morgan fingerprint density at radius 1 is 0.303 bits per heavy atom. The SMILES string of the molecule is O.O.O.O.O.O.O.O=C(O)/C=C/C(=O)O.O=C(O)/C=C/C(=O)O.O=C(O)/C=C/C(=O)O.[Gd].[Gd]. The summed E-state index contributed by atoms with van der Waals surface area (Å²) in [7, 11) is 0. The van der Waals surface area contributed by atoms with Crippen molar-refractivity contribution in [1.29, 1.82) is 0 Å². The van der Waals surface area contributed by atoms with Crippen molar-refractivity contribution in [2.24, 2.45) is 0 Å². The Morgan fingerprint density at radius 3 is 0.394 bits per heavy atom. The van der Waals surface area contributed by atoms with Gasteiger partial charge in [0, 0.05) is 116 Å². The quantitative estimate of drug-likeness (QED) is 0.137. The predicted molar refractivity (Wildman–Crippen MR) is 98.5 cm³/mol. The minimum absolute atomic E-state index is 0. The summed E-state index contributed by atoms with van der Waals surface area (Å²) in [4.78, 5) is 57.3. The van der Waals surface area contributed by atoms with Crippen molar-refractivity contribution in [3.63, 3.8) is 0 Å². The maximum absolute atomic E-state index is 9.55. The maximum atomic E-state index is 9.55. The van der Waals surface area contributed by atoms with Crippen LogP contribution in [0, 0.1) is 79.9 Å². The molecule has 33 heavy (non-hydrogen) atoms. The summed E-state index contributed by atoms with van der Waals surface area (Å²) >= 11 is 0. The van der Waals surface area contributed by atoms with Crippen molar-refractivity contribution in [2.45, 2.75) is 0 Å². The van der Waals surface area contributed by atoms with Crippen LogP contribution >= 0.6 is 0 Å². The van der Waals surface area contributed by atoms with Gasteiger partial charge in [-0.25, -0.2) is 28.8 Å². The Kier molecular flexibility index (Phi) is 122. The van der Waals surface area contributed by atoms with Crippen LogP contribution in [0.1, 0.15) is 0 Å². The first-order chi connectivity index (χ1) is 10.9. The largest absolute Gasteiger partial charge is 0.478 e. The van der Waals surface area contributed by atoms with Gasteiger partial charge in [0.15, 0.2) is 0 Å². The molecule has 0 rings (SSSR count). The van der Waals surface area contributed by atoms with E-state index in [9.17, 15) is 28.8 Å². The van der Waals surface area contributed by atoms with Gasteiger partial charge in [-0.1, -0.05) is 0 Å². The molecule has 0 saturated heterocycles. The fourth-order valence-corrected chi connectivity index (χ4v) is 0.428. The number of aliphatic carboxylic acids is 6. The molecule has 0 spiro atoms. The fourth-order valence-electron chi connectivity index (χ4n) is 0.428. The van der Waals surface area contributed by atoms with Crippen LogP contribution in [-0.4, -0.2) is 105 Å². The van der Waals surface area contributed by atoms with Gasteiger partial charge in [-0.15, -0.1) is 0 Å². The third-order valence-corrected chi connectivity index (χ3v) is 1.11. The molecule has 0 aliphatic heterocycles. The molecule has 0 heterocycles. The van der Waals surface area contributed by atoms with Crippen LogP contribution in [0.25, 0.3) is 0 Å². The Bertz CT molecular complexity index is 454. The molecule has 0 fully saturated rings. The maximum Gasteiger partial charge on any atom is 0.328 e. The summed E-state index contributed by atoms with van der Waals surface area (Å²) in [5.41, 5.74) is 0.